The van der Waals surface area contributed by atoms with Crippen LogP contribution in [0.15, 0.2) is 30.5 Å². The Morgan fingerprint density at radius 1 is 1.18 bits per heavy atom. The number of nitriles is 1. The van der Waals surface area contributed by atoms with Gasteiger partial charge in [0, 0.05) is 23.4 Å². The first kappa shape index (κ1) is 15.8. The van der Waals surface area contributed by atoms with Crippen LogP contribution in [0.25, 0.3) is 11.1 Å². The molecule has 0 saturated heterocycles. The molecule has 4 nitrogen and oxygen atoms in total. The van der Waals surface area contributed by atoms with E-state index < -0.39 is 0 Å². The molecule has 0 atom stereocenters. The summed E-state index contributed by atoms with van der Waals surface area (Å²) in [7, 11) is 1.61. The second-order valence-corrected chi connectivity index (χ2v) is 6.04. The SMILES string of the molecule is COc1cc(OC(C)(C)C)ccc1-c1c(C)ccnc1C#N. The predicted molar refractivity (Wildman–Crippen MR) is 86.1 cm³/mol. The van der Waals surface area contributed by atoms with E-state index in [1.54, 1.807) is 13.3 Å². The van der Waals surface area contributed by atoms with E-state index in [-0.39, 0.29) is 5.60 Å². The van der Waals surface area contributed by atoms with Crippen LogP contribution in [0.1, 0.15) is 32.0 Å². The number of rotatable bonds is 3. The fourth-order valence-corrected chi connectivity index (χ4v) is 2.28. The Hall–Kier alpha value is -2.54. The molecule has 1 aromatic heterocycles. The molecule has 4 heteroatoms. The monoisotopic (exact) mass is 296 g/mol. The van der Waals surface area contributed by atoms with Crippen molar-refractivity contribution in [2.24, 2.45) is 0 Å². The minimum absolute atomic E-state index is 0.283. The first-order valence-electron chi connectivity index (χ1n) is 7.09. The summed E-state index contributed by atoms with van der Waals surface area (Å²) in [6.45, 7) is 7.93. The van der Waals surface area contributed by atoms with Gasteiger partial charge in [0.05, 0.1) is 7.11 Å². The van der Waals surface area contributed by atoms with Crippen molar-refractivity contribution in [1.82, 2.24) is 4.98 Å². The second kappa shape index (κ2) is 6.07. The molecule has 2 rings (SSSR count). The number of benzene rings is 1. The van der Waals surface area contributed by atoms with Crippen LogP contribution in [-0.4, -0.2) is 17.7 Å². The van der Waals surface area contributed by atoms with E-state index in [1.165, 1.54) is 0 Å². The molecule has 114 valence electrons. The molecule has 0 unspecified atom stereocenters. The van der Waals surface area contributed by atoms with E-state index in [0.717, 1.165) is 22.4 Å². The summed E-state index contributed by atoms with van der Waals surface area (Å²) in [6, 6.07) is 9.66. The van der Waals surface area contributed by atoms with Gasteiger partial charge < -0.3 is 9.47 Å². The molecule has 2 aromatic rings. The van der Waals surface area contributed by atoms with Crippen molar-refractivity contribution in [3.8, 4) is 28.7 Å². The van der Waals surface area contributed by atoms with Crippen LogP contribution in [-0.2, 0) is 0 Å². The standard InChI is InChI=1S/C18H20N2O2/c1-12-8-9-20-15(11-19)17(12)14-7-6-13(10-16(14)21-5)22-18(2,3)4/h6-10H,1-5H3. The number of hydrogen-bond acceptors (Lipinski definition) is 4. The zero-order chi connectivity index (χ0) is 16.3. The van der Waals surface area contributed by atoms with Gasteiger partial charge in [-0.05, 0) is 51.5 Å². The maximum atomic E-state index is 9.30. The summed E-state index contributed by atoms with van der Waals surface area (Å²) in [5.74, 6) is 1.39. The van der Waals surface area contributed by atoms with Crippen LogP contribution in [0.5, 0.6) is 11.5 Å². The summed E-state index contributed by atoms with van der Waals surface area (Å²) >= 11 is 0. The number of hydrogen-bond donors (Lipinski definition) is 0. The molecule has 0 fully saturated rings. The van der Waals surface area contributed by atoms with Crippen LogP contribution in [0.2, 0.25) is 0 Å². The summed E-state index contributed by atoms with van der Waals surface area (Å²) in [5, 5.41) is 9.30. The number of aryl methyl sites for hydroxylation is 1. The number of pyridine rings is 1. The normalized spacial score (nSPS) is 10.9. The molecular formula is C18H20N2O2. The van der Waals surface area contributed by atoms with Crippen molar-refractivity contribution >= 4 is 0 Å². The summed E-state index contributed by atoms with van der Waals surface area (Å²) in [6.07, 6.45) is 1.64. The molecule has 0 saturated carbocycles. The third-order valence-electron chi connectivity index (χ3n) is 3.13. The molecule has 1 aromatic carbocycles. The molecule has 1 heterocycles. The molecule has 0 aliphatic heterocycles. The molecule has 0 aliphatic carbocycles. The zero-order valence-electron chi connectivity index (χ0n) is 13.6. The number of nitrogens with zero attached hydrogens (tertiary/aromatic N) is 2. The average Bonchev–Trinajstić information content (AvgIpc) is 2.45. The summed E-state index contributed by atoms with van der Waals surface area (Å²) in [4.78, 5) is 4.14. The maximum Gasteiger partial charge on any atom is 0.148 e. The molecule has 0 aliphatic rings. The number of ether oxygens (including phenoxy) is 2. The third-order valence-corrected chi connectivity index (χ3v) is 3.13. The first-order valence-corrected chi connectivity index (χ1v) is 7.09. The van der Waals surface area contributed by atoms with Crippen LogP contribution in [0, 0.1) is 18.3 Å². The van der Waals surface area contributed by atoms with Crippen molar-refractivity contribution < 1.29 is 9.47 Å². The fraction of sp³-hybridized carbons (Fsp3) is 0.333. The largest absolute Gasteiger partial charge is 0.496 e. The van der Waals surface area contributed by atoms with E-state index >= 15 is 0 Å². The Morgan fingerprint density at radius 3 is 2.50 bits per heavy atom. The van der Waals surface area contributed by atoms with Gasteiger partial charge >= 0.3 is 0 Å². The highest BCUT2D eigenvalue weighted by molar-refractivity contribution is 5.77. The molecule has 0 amide bonds. The highest BCUT2D eigenvalue weighted by Gasteiger charge is 2.17. The van der Waals surface area contributed by atoms with Gasteiger partial charge in [0.2, 0.25) is 0 Å². The maximum absolute atomic E-state index is 9.30. The summed E-state index contributed by atoms with van der Waals surface area (Å²) < 4.78 is 11.4. The molecule has 0 radical (unpaired) electrons. The van der Waals surface area contributed by atoms with Gasteiger partial charge in [-0.2, -0.15) is 5.26 Å². The zero-order valence-corrected chi connectivity index (χ0v) is 13.6. The van der Waals surface area contributed by atoms with E-state index in [0.29, 0.717) is 11.4 Å². The van der Waals surface area contributed by atoms with Gasteiger partial charge in [-0.1, -0.05) is 0 Å². The smallest absolute Gasteiger partial charge is 0.148 e. The van der Waals surface area contributed by atoms with Gasteiger partial charge in [-0.15, -0.1) is 0 Å². The highest BCUT2D eigenvalue weighted by Crippen LogP contribution is 2.37. The Morgan fingerprint density at radius 2 is 1.91 bits per heavy atom. The van der Waals surface area contributed by atoms with Gasteiger partial charge in [0.1, 0.15) is 28.9 Å². The molecule has 0 bridgehead atoms. The Kier molecular flexibility index (Phi) is 4.37. The first-order chi connectivity index (χ1) is 10.4. The minimum atomic E-state index is -0.283. The second-order valence-electron chi connectivity index (χ2n) is 6.04. The lowest BCUT2D eigenvalue weighted by atomic mass is 9.98. The van der Waals surface area contributed by atoms with Gasteiger partial charge in [-0.3, -0.25) is 0 Å². The van der Waals surface area contributed by atoms with Crippen molar-refractivity contribution in [1.29, 1.82) is 5.26 Å². The molecule has 22 heavy (non-hydrogen) atoms. The summed E-state index contributed by atoms with van der Waals surface area (Å²) in [5.41, 5.74) is 2.72. The van der Waals surface area contributed by atoms with Gasteiger partial charge in [0.15, 0.2) is 0 Å². The van der Waals surface area contributed by atoms with E-state index in [9.17, 15) is 5.26 Å². The Bertz CT molecular complexity index is 725. The van der Waals surface area contributed by atoms with Crippen molar-refractivity contribution in [3.05, 3.63) is 41.7 Å². The van der Waals surface area contributed by atoms with E-state index in [4.69, 9.17) is 9.47 Å². The minimum Gasteiger partial charge on any atom is -0.496 e. The molecule has 0 spiro atoms. The lowest BCUT2D eigenvalue weighted by Gasteiger charge is -2.22. The van der Waals surface area contributed by atoms with E-state index in [1.807, 2.05) is 52.0 Å². The highest BCUT2D eigenvalue weighted by atomic mass is 16.5. The van der Waals surface area contributed by atoms with Crippen molar-refractivity contribution in [2.75, 3.05) is 7.11 Å². The molecular weight excluding hydrogens is 276 g/mol. The third kappa shape index (κ3) is 3.37. The average molecular weight is 296 g/mol. The van der Waals surface area contributed by atoms with Crippen LogP contribution < -0.4 is 9.47 Å². The predicted octanol–water partition coefficient (Wildman–Crippen LogP) is 4.11. The number of methoxy groups -OCH3 is 1. The topological polar surface area (TPSA) is 55.1 Å². The Labute approximate surface area is 131 Å². The van der Waals surface area contributed by atoms with Crippen LogP contribution >= 0.6 is 0 Å². The van der Waals surface area contributed by atoms with Crippen molar-refractivity contribution in [3.63, 3.8) is 0 Å². The fourth-order valence-electron chi connectivity index (χ4n) is 2.28. The van der Waals surface area contributed by atoms with Crippen LogP contribution in [0.4, 0.5) is 0 Å². The van der Waals surface area contributed by atoms with Gasteiger partial charge in [-0.25, -0.2) is 4.98 Å². The van der Waals surface area contributed by atoms with Gasteiger partial charge in [0.25, 0.3) is 0 Å². The lowest BCUT2D eigenvalue weighted by molar-refractivity contribution is 0.130. The number of aromatic nitrogens is 1. The Balaban J connectivity index is 2.56. The lowest BCUT2D eigenvalue weighted by Crippen LogP contribution is -2.22. The molecule has 0 N–H and O–H groups in total. The quantitative estimate of drug-likeness (QED) is 0.855. The van der Waals surface area contributed by atoms with Crippen molar-refractivity contribution in [2.45, 2.75) is 33.3 Å². The van der Waals surface area contributed by atoms with Crippen LogP contribution in [0.3, 0.4) is 0 Å². The van der Waals surface area contributed by atoms with E-state index in [2.05, 4.69) is 11.1 Å².